The van der Waals surface area contributed by atoms with Gasteiger partial charge in [0, 0.05) is 10.4 Å². The highest BCUT2D eigenvalue weighted by Gasteiger charge is 2.77. The standard InChI is InChI=1S/C26H43BrN2O6/c1-9-14(3)16(12-30)29-20(21(31)28-25(7,8)13-24(4,5)6)26-11-15(27)19(35-26)17(18(26)22(29)32)23(33)34-10-2/h14-20,30H,9-13H2,1-8H3,(H,28,31)/t14-,15?,16-,17-,18+,19-,20-,26+/m0/s1. The van der Waals surface area contributed by atoms with E-state index in [4.69, 9.17) is 9.47 Å². The molecule has 0 saturated carbocycles. The third-order valence-corrected chi connectivity index (χ3v) is 8.66. The van der Waals surface area contributed by atoms with Gasteiger partial charge in [-0.25, -0.2) is 0 Å². The summed E-state index contributed by atoms with van der Waals surface area (Å²) in [5, 5.41) is 13.6. The fourth-order valence-electron chi connectivity index (χ4n) is 6.82. The van der Waals surface area contributed by atoms with Crippen LogP contribution in [0.2, 0.25) is 0 Å². The van der Waals surface area contributed by atoms with Crippen LogP contribution >= 0.6 is 15.9 Å². The first-order valence-corrected chi connectivity index (χ1v) is 13.8. The van der Waals surface area contributed by atoms with Gasteiger partial charge in [-0.1, -0.05) is 57.0 Å². The molecule has 3 heterocycles. The summed E-state index contributed by atoms with van der Waals surface area (Å²) < 4.78 is 11.8. The summed E-state index contributed by atoms with van der Waals surface area (Å²) in [5.74, 6) is -2.74. The highest BCUT2D eigenvalue weighted by molar-refractivity contribution is 9.09. The molecule has 3 fully saturated rings. The number of aliphatic hydroxyl groups excluding tert-OH is 1. The van der Waals surface area contributed by atoms with Crippen LogP contribution < -0.4 is 5.32 Å². The molecule has 200 valence electrons. The maximum atomic E-state index is 14.1. The number of nitrogens with one attached hydrogen (secondary N) is 1. The Hall–Kier alpha value is -1.19. The van der Waals surface area contributed by atoms with Crippen LogP contribution in [0, 0.1) is 23.2 Å². The molecule has 3 saturated heterocycles. The van der Waals surface area contributed by atoms with Crippen LogP contribution in [0.3, 0.4) is 0 Å². The quantitative estimate of drug-likeness (QED) is 0.333. The van der Waals surface area contributed by atoms with Gasteiger partial charge >= 0.3 is 5.97 Å². The van der Waals surface area contributed by atoms with E-state index < -0.39 is 47.1 Å². The van der Waals surface area contributed by atoms with Crippen LogP contribution in [0.5, 0.6) is 0 Å². The Morgan fingerprint density at radius 2 is 1.91 bits per heavy atom. The van der Waals surface area contributed by atoms with Gasteiger partial charge < -0.3 is 24.8 Å². The van der Waals surface area contributed by atoms with E-state index >= 15 is 0 Å². The fourth-order valence-corrected chi connectivity index (χ4v) is 7.76. The zero-order chi connectivity index (χ0) is 26.5. The molecule has 0 radical (unpaired) electrons. The number of aliphatic hydroxyl groups is 1. The van der Waals surface area contributed by atoms with Gasteiger partial charge in [0.05, 0.1) is 37.2 Å². The van der Waals surface area contributed by atoms with Crippen LogP contribution in [-0.4, -0.2) is 75.2 Å². The number of carbonyl (C=O) groups is 3. The van der Waals surface area contributed by atoms with Gasteiger partial charge in [0.15, 0.2) is 0 Å². The Morgan fingerprint density at radius 3 is 2.43 bits per heavy atom. The largest absolute Gasteiger partial charge is 0.466 e. The number of fused-ring (bicyclic) bond motifs is 1. The third-order valence-electron chi connectivity index (χ3n) is 7.81. The minimum atomic E-state index is -1.16. The summed E-state index contributed by atoms with van der Waals surface area (Å²) in [5.41, 5.74) is -1.71. The highest BCUT2D eigenvalue weighted by atomic mass is 79.9. The van der Waals surface area contributed by atoms with Crippen molar-refractivity contribution in [3.05, 3.63) is 0 Å². The number of esters is 1. The van der Waals surface area contributed by atoms with Gasteiger partial charge in [0.1, 0.15) is 11.6 Å². The first kappa shape index (κ1) is 28.4. The number of rotatable bonds is 9. The summed E-state index contributed by atoms with van der Waals surface area (Å²) in [7, 11) is 0. The third kappa shape index (κ3) is 5.01. The number of nitrogens with zero attached hydrogens (tertiary/aromatic N) is 1. The molecule has 0 aromatic heterocycles. The first-order valence-electron chi connectivity index (χ1n) is 12.9. The van der Waals surface area contributed by atoms with Gasteiger partial charge in [-0.2, -0.15) is 0 Å². The topological polar surface area (TPSA) is 105 Å². The van der Waals surface area contributed by atoms with Crippen molar-refractivity contribution >= 4 is 33.7 Å². The molecule has 3 aliphatic rings. The number of hydrogen-bond donors (Lipinski definition) is 2. The average Bonchev–Trinajstić information content (AvgIpc) is 3.30. The van der Waals surface area contributed by atoms with E-state index in [1.807, 2.05) is 27.7 Å². The van der Waals surface area contributed by atoms with Gasteiger partial charge in [0.2, 0.25) is 11.8 Å². The lowest BCUT2D eigenvalue weighted by Crippen LogP contribution is -2.62. The molecule has 9 heteroatoms. The fraction of sp³-hybridized carbons (Fsp3) is 0.885. The summed E-state index contributed by atoms with van der Waals surface area (Å²) in [6.45, 7) is 15.9. The Balaban J connectivity index is 2.08. The Kier molecular flexibility index (Phi) is 8.06. The summed E-state index contributed by atoms with van der Waals surface area (Å²) in [6.07, 6.45) is 1.34. The molecule has 2 bridgehead atoms. The van der Waals surface area contributed by atoms with Gasteiger partial charge in [0.25, 0.3) is 0 Å². The van der Waals surface area contributed by atoms with E-state index in [2.05, 4.69) is 42.0 Å². The molecule has 8 atom stereocenters. The summed E-state index contributed by atoms with van der Waals surface area (Å²) in [6, 6.07) is -1.51. The highest BCUT2D eigenvalue weighted by Crippen LogP contribution is 2.60. The first-order chi connectivity index (χ1) is 16.1. The molecular weight excluding hydrogens is 516 g/mol. The van der Waals surface area contributed by atoms with Gasteiger partial charge in [-0.3, -0.25) is 14.4 Å². The van der Waals surface area contributed by atoms with Crippen molar-refractivity contribution in [1.29, 1.82) is 0 Å². The second-order valence-corrected chi connectivity index (χ2v) is 13.6. The molecule has 0 aliphatic carbocycles. The minimum Gasteiger partial charge on any atom is -0.466 e. The predicted octanol–water partition coefficient (Wildman–Crippen LogP) is 3.04. The molecular formula is C26H43BrN2O6. The Morgan fingerprint density at radius 1 is 1.29 bits per heavy atom. The predicted molar refractivity (Wildman–Crippen MR) is 136 cm³/mol. The molecule has 1 spiro atoms. The molecule has 0 aromatic carbocycles. The van der Waals surface area contributed by atoms with E-state index in [1.54, 1.807) is 6.92 Å². The molecule has 3 aliphatic heterocycles. The number of likely N-dealkylation sites (tertiary alicyclic amines) is 1. The second kappa shape index (κ2) is 9.93. The van der Waals surface area contributed by atoms with E-state index in [-0.39, 0.29) is 41.2 Å². The number of ether oxygens (including phenoxy) is 2. The van der Waals surface area contributed by atoms with Crippen molar-refractivity contribution in [3.8, 4) is 0 Å². The molecule has 0 aromatic rings. The normalized spacial score (nSPS) is 34.1. The van der Waals surface area contributed by atoms with Crippen LogP contribution in [-0.2, 0) is 23.9 Å². The number of alkyl halides is 1. The van der Waals surface area contributed by atoms with Crippen molar-refractivity contribution in [2.45, 2.75) is 109 Å². The smallest absolute Gasteiger partial charge is 0.312 e. The maximum Gasteiger partial charge on any atom is 0.312 e. The molecule has 3 rings (SSSR count). The van der Waals surface area contributed by atoms with Crippen molar-refractivity contribution in [3.63, 3.8) is 0 Å². The molecule has 35 heavy (non-hydrogen) atoms. The Labute approximate surface area is 218 Å². The zero-order valence-corrected chi connectivity index (χ0v) is 24.0. The molecule has 2 N–H and O–H groups in total. The zero-order valence-electron chi connectivity index (χ0n) is 22.4. The lowest BCUT2D eigenvalue weighted by molar-refractivity contribution is -0.155. The second-order valence-electron chi connectivity index (χ2n) is 12.4. The number of hydrogen-bond acceptors (Lipinski definition) is 6. The number of amides is 2. The lowest BCUT2D eigenvalue weighted by Gasteiger charge is -2.41. The number of carbonyl (C=O) groups excluding carboxylic acids is 3. The lowest BCUT2D eigenvalue weighted by atomic mass is 9.70. The molecule has 1 unspecified atom stereocenters. The van der Waals surface area contributed by atoms with Crippen molar-refractivity contribution < 1.29 is 29.0 Å². The maximum absolute atomic E-state index is 14.1. The minimum absolute atomic E-state index is 0.0224. The van der Waals surface area contributed by atoms with Crippen LogP contribution in [0.25, 0.3) is 0 Å². The molecule has 8 nitrogen and oxygen atoms in total. The summed E-state index contributed by atoms with van der Waals surface area (Å²) >= 11 is 3.66. The van der Waals surface area contributed by atoms with Crippen LogP contribution in [0.1, 0.15) is 74.7 Å². The van der Waals surface area contributed by atoms with Crippen LogP contribution in [0.15, 0.2) is 0 Å². The number of halogens is 1. The summed E-state index contributed by atoms with van der Waals surface area (Å²) in [4.78, 5) is 42.5. The monoisotopic (exact) mass is 558 g/mol. The van der Waals surface area contributed by atoms with Crippen molar-refractivity contribution in [2.75, 3.05) is 13.2 Å². The average molecular weight is 560 g/mol. The van der Waals surface area contributed by atoms with Crippen LogP contribution in [0.4, 0.5) is 0 Å². The van der Waals surface area contributed by atoms with Gasteiger partial charge in [-0.05, 0) is 44.9 Å². The van der Waals surface area contributed by atoms with Crippen molar-refractivity contribution in [2.24, 2.45) is 23.2 Å². The van der Waals surface area contributed by atoms with E-state index in [0.717, 1.165) is 12.8 Å². The van der Waals surface area contributed by atoms with Crippen molar-refractivity contribution in [1.82, 2.24) is 10.2 Å². The Bertz CT molecular complexity index is 842. The SMILES string of the molecule is CCOC(=O)[C@@H]1[C@H]2O[C@@]3(CC2Br)[C@H](C(=O)NC(C)(C)CC(C)(C)C)N([C@@H](CO)[C@@H](C)CC)C(=O)[C@@H]13. The molecule has 2 amide bonds. The van der Waals surface area contributed by atoms with Gasteiger partial charge in [-0.15, -0.1) is 0 Å². The van der Waals surface area contributed by atoms with E-state index in [9.17, 15) is 19.5 Å². The van der Waals surface area contributed by atoms with E-state index in [1.165, 1.54) is 4.90 Å². The van der Waals surface area contributed by atoms with E-state index in [0.29, 0.717) is 6.42 Å².